The summed E-state index contributed by atoms with van der Waals surface area (Å²) < 4.78 is 5.00. The van der Waals surface area contributed by atoms with Crippen LogP contribution in [0.4, 0.5) is 0 Å². The van der Waals surface area contributed by atoms with Crippen molar-refractivity contribution in [1.29, 1.82) is 5.26 Å². The smallest absolute Gasteiger partial charge is 0.0656 e. The molecule has 0 radical (unpaired) electrons. The van der Waals surface area contributed by atoms with E-state index in [9.17, 15) is 0 Å². The van der Waals surface area contributed by atoms with Crippen molar-refractivity contribution in [3.63, 3.8) is 0 Å². The predicted octanol–water partition coefficient (Wildman–Crippen LogP) is 1.26. The Kier molecular flexibility index (Phi) is 4.81. The van der Waals surface area contributed by atoms with Crippen molar-refractivity contribution in [3.8, 4) is 6.07 Å². The lowest BCUT2D eigenvalue weighted by atomic mass is 9.98. The number of ether oxygens (including phenoxy) is 1. The number of piperidine rings is 1. The SMILES string of the molecule is COCCCN1CCC(C#N)CC1. The number of likely N-dealkylation sites (tertiary alicyclic amines) is 1. The van der Waals surface area contributed by atoms with Crippen LogP contribution in [-0.2, 0) is 4.74 Å². The molecule has 0 amide bonds. The Labute approximate surface area is 80.3 Å². The molecular weight excluding hydrogens is 164 g/mol. The van der Waals surface area contributed by atoms with Crippen LogP contribution in [0.1, 0.15) is 19.3 Å². The first-order valence-corrected chi connectivity index (χ1v) is 4.97. The van der Waals surface area contributed by atoms with E-state index >= 15 is 0 Å². The molecule has 0 unspecified atom stereocenters. The average molecular weight is 182 g/mol. The first-order chi connectivity index (χ1) is 6.36. The zero-order chi connectivity index (χ0) is 9.52. The molecule has 1 aliphatic rings. The molecule has 0 atom stereocenters. The molecule has 1 heterocycles. The van der Waals surface area contributed by atoms with Crippen molar-refractivity contribution in [2.24, 2.45) is 5.92 Å². The Hall–Kier alpha value is -0.590. The van der Waals surface area contributed by atoms with E-state index in [-0.39, 0.29) is 0 Å². The van der Waals surface area contributed by atoms with Gasteiger partial charge in [-0.3, -0.25) is 0 Å². The molecular formula is C10H18N2O. The second kappa shape index (κ2) is 5.95. The molecule has 0 aromatic heterocycles. The minimum absolute atomic E-state index is 0.304. The van der Waals surface area contributed by atoms with Gasteiger partial charge in [0.1, 0.15) is 0 Å². The van der Waals surface area contributed by atoms with Gasteiger partial charge < -0.3 is 9.64 Å². The van der Waals surface area contributed by atoms with Gasteiger partial charge >= 0.3 is 0 Å². The van der Waals surface area contributed by atoms with E-state index in [4.69, 9.17) is 10.00 Å². The van der Waals surface area contributed by atoms with Gasteiger partial charge in [0, 0.05) is 26.2 Å². The Morgan fingerprint density at radius 3 is 2.69 bits per heavy atom. The largest absolute Gasteiger partial charge is 0.385 e. The van der Waals surface area contributed by atoms with Gasteiger partial charge in [-0.15, -0.1) is 0 Å². The molecule has 0 aliphatic carbocycles. The molecule has 0 spiro atoms. The summed E-state index contributed by atoms with van der Waals surface area (Å²) in [6.07, 6.45) is 3.20. The minimum atomic E-state index is 0.304. The highest BCUT2D eigenvalue weighted by Crippen LogP contribution is 2.15. The third-order valence-electron chi connectivity index (χ3n) is 2.59. The van der Waals surface area contributed by atoms with Crippen molar-refractivity contribution in [3.05, 3.63) is 0 Å². The van der Waals surface area contributed by atoms with Gasteiger partial charge in [0.05, 0.1) is 6.07 Å². The maximum Gasteiger partial charge on any atom is 0.0656 e. The Balaban J connectivity index is 2.08. The molecule has 0 aromatic carbocycles. The molecule has 1 rings (SSSR count). The average Bonchev–Trinajstić information content (AvgIpc) is 2.19. The fourth-order valence-electron chi connectivity index (χ4n) is 1.72. The molecule has 3 heteroatoms. The molecule has 13 heavy (non-hydrogen) atoms. The van der Waals surface area contributed by atoms with Gasteiger partial charge in [-0.1, -0.05) is 0 Å². The number of rotatable bonds is 4. The number of hydrogen-bond donors (Lipinski definition) is 0. The number of nitriles is 1. The molecule has 1 fully saturated rings. The monoisotopic (exact) mass is 182 g/mol. The quantitative estimate of drug-likeness (QED) is 0.614. The maximum absolute atomic E-state index is 8.70. The van der Waals surface area contributed by atoms with E-state index in [1.807, 2.05) is 0 Å². The van der Waals surface area contributed by atoms with Gasteiger partial charge in [0.15, 0.2) is 0 Å². The summed E-state index contributed by atoms with van der Waals surface area (Å²) in [5, 5.41) is 8.70. The fourth-order valence-corrected chi connectivity index (χ4v) is 1.72. The van der Waals surface area contributed by atoms with Crippen molar-refractivity contribution >= 4 is 0 Å². The van der Waals surface area contributed by atoms with E-state index in [0.29, 0.717) is 5.92 Å². The normalized spacial score (nSPS) is 20.0. The molecule has 3 nitrogen and oxygen atoms in total. The Bertz CT molecular complexity index is 168. The standard InChI is InChI=1S/C10H18N2O/c1-13-8-2-5-12-6-3-10(9-11)4-7-12/h10H,2-8H2,1H3. The van der Waals surface area contributed by atoms with Gasteiger partial charge in [-0.25, -0.2) is 0 Å². The highest BCUT2D eigenvalue weighted by molar-refractivity contribution is 4.87. The summed E-state index contributed by atoms with van der Waals surface area (Å²) in [6.45, 7) is 4.13. The van der Waals surface area contributed by atoms with Crippen LogP contribution in [0, 0.1) is 17.2 Å². The van der Waals surface area contributed by atoms with E-state index in [2.05, 4.69) is 11.0 Å². The molecule has 0 aromatic rings. The summed E-state index contributed by atoms with van der Waals surface area (Å²) >= 11 is 0. The number of methoxy groups -OCH3 is 1. The second-order valence-corrected chi connectivity index (χ2v) is 3.59. The zero-order valence-corrected chi connectivity index (χ0v) is 8.33. The topological polar surface area (TPSA) is 36.3 Å². The second-order valence-electron chi connectivity index (χ2n) is 3.59. The van der Waals surface area contributed by atoms with Gasteiger partial charge in [0.2, 0.25) is 0 Å². The Morgan fingerprint density at radius 2 is 2.15 bits per heavy atom. The minimum Gasteiger partial charge on any atom is -0.385 e. The van der Waals surface area contributed by atoms with Crippen molar-refractivity contribution in [2.75, 3.05) is 33.4 Å². The van der Waals surface area contributed by atoms with Crippen LogP contribution >= 0.6 is 0 Å². The lowest BCUT2D eigenvalue weighted by Crippen LogP contribution is -2.34. The van der Waals surface area contributed by atoms with Crippen molar-refractivity contribution in [1.82, 2.24) is 4.90 Å². The summed E-state index contributed by atoms with van der Waals surface area (Å²) in [5.41, 5.74) is 0. The van der Waals surface area contributed by atoms with Gasteiger partial charge in [-0.05, 0) is 32.4 Å². The van der Waals surface area contributed by atoms with Gasteiger partial charge in [0.25, 0.3) is 0 Å². The summed E-state index contributed by atoms with van der Waals surface area (Å²) in [6, 6.07) is 2.34. The Morgan fingerprint density at radius 1 is 1.46 bits per heavy atom. The lowest BCUT2D eigenvalue weighted by molar-refractivity contribution is 0.155. The number of hydrogen-bond acceptors (Lipinski definition) is 3. The van der Waals surface area contributed by atoms with Crippen LogP contribution in [0.25, 0.3) is 0 Å². The molecule has 0 saturated carbocycles. The lowest BCUT2D eigenvalue weighted by Gasteiger charge is -2.28. The molecule has 1 aliphatic heterocycles. The van der Waals surface area contributed by atoms with Crippen LogP contribution in [0.3, 0.4) is 0 Å². The van der Waals surface area contributed by atoms with E-state index in [1.165, 1.54) is 0 Å². The number of nitrogens with zero attached hydrogens (tertiary/aromatic N) is 2. The molecule has 1 saturated heterocycles. The van der Waals surface area contributed by atoms with Crippen molar-refractivity contribution in [2.45, 2.75) is 19.3 Å². The summed E-state index contributed by atoms with van der Waals surface area (Å²) in [5.74, 6) is 0.304. The van der Waals surface area contributed by atoms with E-state index < -0.39 is 0 Å². The van der Waals surface area contributed by atoms with Crippen LogP contribution in [0.15, 0.2) is 0 Å². The first kappa shape index (κ1) is 10.5. The highest BCUT2D eigenvalue weighted by Gasteiger charge is 2.17. The molecule has 0 N–H and O–H groups in total. The van der Waals surface area contributed by atoms with Crippen LogP contribution in [0.5, 0.6) is 0 Å². The van der Waals surface area contributed by atoms with Crippen LogP contribution in [-0.4, -0.2) is 38.3 Å². The van der Waals surface area contributed by atoms with Crippen molar-refractivity contribution < 1.29 is 4.74 Å². The molecule has 74 valence electrons. The highest BCUT2D eigenvalue weighted by atomic mass is 16.5. The zero-order valence-electron chi connectivity index (χ0n) is 8.33. The predicted molar refractivity (Wildman–Crippen MR) is 51.3 cm³/mol. The third-order valence-corrected chi connectivity index (χ3v) is 2.59. The van der Waals surface area contributed by atoms with E-state index in [0.717, 1.165) is 45.5 Å². The molecule has 0 bridgehead atoms. The first-order valence-electron chi connectivity index (χ1n) is 4.97. The summed E-state index contributed by atoms with van der Waals surface area (Å²) in [7, 11) is 1.74. The summed E-state index contributed by atoms with van der Waals surface area (Å²) in [4.78, 5) is 2.42. The maximum atomic E-state index is 8.70. The van der Waals surface area contributed by atoms with Gasteiger partial charge in [-0.2, -0.15) is 5.26 Å². The van der Waals surface area contributed by atoms with E-state index in [1.54, 1.807) is 7.11 Å². The fraction of sp³-hybridized carbons (Fsp3) is 0.900. The third kappa shape index (κ3) is 3.75. The van der Waals surface area contributed by atoms with Crippen LogP contribution in [0.2, 0.25) is 0 Å². The van der Waals surface area contributed by atoms with Crippen LogP contribution < -0.4 is 0 Å².